The van der Waals surface area contributed by atoms with E-state index < -0.39 is 11.9 Å². The minimum atomic E-state index is -1.44. The summed E-state index contributed by atoms with van der Waals surface area (Å²) in [5.41, 5.74) is 3.95. The maximum Gasteiger partial charge on any atom is 0.178 e. The molecule has 0 amide bonds. The second-order valence-corrected chi connectivity index (χ2v) is 6.86. The molecular formula is C23H26O3. The lowest BCUT2D eigenvalue weighted by Gasteiger charge is -2.09. The molecule has 0 heterocycles. The van der Waals surface area contributed by atoms with Gasteiger partial charge in [0.1, 0.15) is 0 Å². The Morgan fingerprint density at radius 1 is 0.962 bits per heavy atom. The van der Waals surface area contributed by atoms with Gasteiger partial charge in [-0.15, -0.1) is 0 Å². The Hall–Kier alpha value is -2.46. The van der Waals surface area contributed by atoms with Crippen LogP contribution in [0.2, 0.25) is 0 Å². The standard InChI is InChI=1S/C23H26O3/c1-17(6-5-15-23(2,3)26)21-8-4-7-19(16-21)10-9-18-11-13-20(14-12-18)22(24)25/h4-16,22,24-26H,1-3H3. The van der Waals surface area contributed by atoms with Crippen LogP contribution in [0.25, 0.3) is 17.7 Å². The highest BCUT2D eigenvalue weighted by Gasteiger charge is 2.04. The van der Waals surface area contributed by atoms with Gasteiger partial charge in [-0.3, -0.25) is 0 Å². The number of hydrogen-bond acceptors (Lipinski definition) is 3. The van der Waals surface area contributed by atoms with Crippen molar-refractivity contribution in [3.63, 3.8) is 0 Å². The van der Waals surface area contributed by atoms with Gasteiger partial charge in [-0.2, -0.15) is 0 Å². The first kappa shape index (κ1) is 19.9. The van der Waals surface area contributed by atoms with E-state index in [4.69, 9.17) is 10.2 Å². The van der Waals surface area contributed by atoms with Crippen molar-refractivity contribution in [1.29, 1.82) is 0 Å². The number of aliphatic hydroxyl groups excluding tert-OH is 1. The van der Waals surface area contributed by atoms with Crippen LogP contribution >= 0.6 is 0 Å². The molecule has 0 radical (unpaired) electrons. The van der Waals surface area contributed by atoms with Crippen LogP contribution in [0.4, 0.5) is 0 Å². The van der Waals surface area contributed by atoms with E-state index in [-0.39, 0.29) is 0 Å². The van der Waals surface area contributed by atoms with E-state index in [0.29, 0.717) is 5.56 Å². The summed E-state index contributed by atoms with van der Waals surface area (Å²) >= 11 is 0. The highest BCUT2D eigenvalue weighted by atomic mass is 16.5. The molecule has 3 nitrogen and oxygen atoms in total. The van der Waals surface area contributed by atoms with Crippen LogP contribution < -0.4 is 0 Å². The third kappa shape index (κ3) is 6.45. The molecule has 3 heteroatoms. The van der Waals surface area contributed by atoms with Crippen LogP contribution in [-0.4, -0.2) is 20.9 Å². The Morgan fingerprint density at radius 3 is 2.23 bits per heavy atom. The molecule has 0 spiro atoms. The molecule has 0 aromatic heterocycles. The number of hydrogen-bond donors (Lipinski definition) is 3. The van der Waals surface area contributed by atoms with E-state index in [1.807, 2.05) is 55.5 Å². The summed E-state index contributed by atoms with van der Waals surface area (Å²) < 4.78 is 0. The first-order valence-corrected chi connectivity index (χ1v) is 8.58. The van der Waals surface area contributed by atoms with Crippen LogP contribution in [0.3, 0.4) is 0 Å². The summed E-state index contributed by atoms with van der Waals surface area (Å²) in [4.78, 5) is 0. The predicted molar refractivity (Wildman–Crippen MR) is 108 cm³/mol. The summed E-state index contributed by atoms with van der Waals surface area (Å²) in [6.07, 6.45) is 8.18. The monoisotopic (exact) mass is 350 g/mol. The van der Waals surface area contributed by atoms with Crippen molar-refractivity contribution in [2.45, 2.75) is 32.7 Å². The van der Waals surface area contributed by atoms with Gasteiger partial charge in [-0.25, -0.2) is 0 Å². The van der Waals surface area contributed by atoms with Gasteiger partial charge in [0.15, 0.2) is 6.29 Å². The molecule has 0 atom stereocenters. The van der Waals surface area contributed by atoms with E-state index >= 15 is 0 Å². The van der Waals surface area contributed by atoms with E-state index in [1.165, 1.54) is 0 Å². The van der Waals surface area contributed by atoms with Gasteiger partial charge in [0.05, 0.1) is 5.60 Å². The molecule has 2 aromatic rings. The van der Waals surface area contributed by atoms with Crippen molar-refractivity contribution in [3.8, 4) is 0 Å². The van der Waals surface area contributed by atoms with Crippen LogP contribution in [0, 0.1) is 0 Å². The summed E-state index contributed by atoms with van der Waals surface area (Å²) in [5, 5.41) is 28.0. The van der Waals surface area contributed by atoms with Crippen LogP contribution in [0.15, 0.2) is 66.8 Å². The maximum atomic E-state index is 9.72. The second kappa shape index (κ2) is 8.77. The second-order valence-electron chi connectivity index (χ2n) is 6.86. The van der Waals surface area contributed by atoms with E-state index in [0.717, 1.165) is 22.3 Å². The highest BCUT2D eigenvalue weighted by Crippen LogP contribution is 2.18. The Balaban J connectivity index is 2.13. The molecule has 0 aliphatic heterocycles. The normalized spacial score (nSPS) is 13.3. The molecule has 0 aliphatic rings. The number of rotatable bonds is 6. The van der Waals surface area contributed by atoms with E-state index in [2.05, 4.69) is 12.1 Å². The minimum absolute atomic E-state index is 0.476. The first-order chi connectivity index (χ1) is 12.2. The maximum absolute atomic E-state index is 9.72. The van der Waals surface area contributed by atoms with E-state index in [9.17, 15) is 5.11 Å². The Kier molecular flexibility index (Phi) is 6.70. The predicted octanol–water partition coefficient (Wildman–Crippen LogP) is 4.57. The lowest BCUT2D eigenvalue weighted by atomic mass is 10.0. The van der Waals surface area contributed by atoms with Crippen LogP contribution in [-0.2, 0) is 0 Å². The summed E-state index contributed by atoms with van der Waals surface area (Å²) in [6.45, 7) is 5.52. The van der Waals surface area contributed by atoms with Crippen molar-refractivity contribution in [3.05, 3.63) is 89.0 Å². The quantitative estimate of drug-likeness (QED) is 0.406. The van der Waals surface area contributed by atoms with Gasteiger partial charge < -0.3 is 15.3 Å². The fourth-order valence-electron chi connectivity index (χ4n) is 2.38. The minimum Gasteiger partial charge on any atom is -0.386 e. The van der Waals surface area contributed by atoms with Crippen molar-refractivity contribution < 1.29 is 15.3 Å². The molecule has 26 heavy (non-hydrogen) atoms. The molecule has 136 valence electrons. The van der Waals surface area contributed by atoms with Gasteiger partial charge in [-0.1, -0.05) is 72.8 Å². The zero-order valence-electron chi connectivity index (χ0n) is 15.4. The zero-order chi connectivity index (χ0) is 19.2. The molecule has 0 unspecified atom stereocenters. The molecular weight excluding hydrogens is 324 g/mol. The van der Waals surface area contributed by atoms with Crippen molar-refractivity contribution in [2.75, 3.05) is 0 Å². The SMILES string of the molecule is CC(=CC=CC(C)(C)O)c1cccc(C=Cc2ccc(C(O)O)cc2)c1. The molecule has 2 aromatic carbocycles. The summed E-state index contributed by atoms with van der Waals surface area (Å²) in [7, 11) is 0. The van der Waals surface area contributed by atoms with Gasteiger partial charge in [0, 0.05) is 5.56 Å². The average molecular weight is 350 g/mol. The van der Waals surface area contributed by atoms with Gasteiger partial charge in [0.25, 0.3) is 0 Å². The van der Waals surface area contributed by atoms with Crippen molar-refractivity contribution in [2.24, 2.45) is 0 Å². The topological polar surface area (TPSA) is 60.7 Å². The molecule has 0 aliphatic carbocycles. The smallest absolute Gasteiger partial charge is 0.178 e. The van der Waals surface area contributed by atoms with Gasteiger partial charge >= 0.3 is 0 Å². The lowest BCUT2D eigenvalue weighted by molar-refractivity contribution is -0.0424. The molecule has 3 N–H and O–H groups in total. The number of benzene rings is 2. The van der Waals surface area contributed by atoms with Crippen LogP contribution in [0.1, 0.15) is 49.3 Å². The third-order valence-electron chi connectivity index (χ3n) is 3.90. The van der Waals surface area contributed by atoms with Crippen LogP contribution in [0.5, 0.6) is 0 Å². The fraction of sp³-hybridized carbons (Fsp3) is 0.217. The summed E-state index contributed by atoms with van der Waals surface area (Å²) in [5.74, 6) is 0. The molecule has 0 saturated carbocycles. The van der Waals surface area contributed by atoms with E-state index in [1.54, 1.807) is 32.1 Å². The molecule has 0 fully saturated rings. The zero-order valence-corrected chi connectivity index (χ0v) is 15.4. The highest BCUT2D eigenvalue weighted by molar-refractivity contribution is 5.73. The number of aliphatic hydroxyl groups is 3. The fourth-order valence-corrected chi connectivity index (χ4v) is 2.38. The van der Waals surface area contributed by atoms with Crippen molar-refractivity contribution >= 4 is 17.7 Å². The van der Waals surface area contributed by atoms with Gasteiger partial charge in [-0.05, 0) is 49.1 Å². The van der Waals surface area contributed by atoms with Crippen molar-refractivity contribution in [1.82, 2.24) is 0 Å². The molecule has 2 rings (SSSR count). The summed E-state index contributed by atoms with van der Waals surface area (Å²) in [6, 6.07) is 15.3. The molecule has 0 bridgehead atoms. The van der Waals surface area contributed by atoms with Gasteiger partial charge in [0.2, 0.25) is 0 Å². The number of allylic oxidation sites excluding steroid dienone is 3. The Bertz CT molecular complexity index is 804. The Morgan fingerprint density at radius 2 is 1.62 bits per heavy atom. The average Bonchev–Trinajstić information content (AvgIpc) is 2.59. The third-order valence-corrected chi connectivity index (χ3v) is 3.90. The largest absolute Gasteiger partial charge is 0.386 e. The molecule has 0 saturated heterocycles. The Labute approximate surface area is 155 Å². The first-order valence-electron chi connectivity index (χ1n) is 8.58. The lowest BCUT2D eigenvalue weighted by Crippen LogP contribution is -2.13.